The quantitative estimate of drug-likeness (QED) is 0.385. The van der Waals surface area contributed by atoms with Crippen LogP contribution in [0.4, 0.5) is 0 Å². The second-order valence-electron chi connectivity index (χ2n) is 0.396. The summed E-state index contributed by atoms with van der Waals surface area (Å²) in [5.41, 5.74) is 0. The van der Waals surface area contributed by atoms with E-state index in [0.717, 1.165) is 0 Å². The predicted octanol–water partition coefficient (Wildman–Crippen LogP) is -2.57. The molecule has 0 rings (SSSR count). The van der Waals surface area contributed by atoms with E-state index < -0.39 is 13.0 Å². The van der Waals surface area contributed by atoms with Crippen LogP contribution < -0.4 is 0 Å². The number of hydrogen-bond acceptors (Lipinski definition) is 3. The molecule has 0 aromatic carbocycles. The van der Waals surface area contributed by atoms with Crippen molar-refractivity contribution in [2.24, 2.45) is 0 Å². The van der Waals surface area contributed by atoms with E-state index in [0.29, 0.717) is 0 Å². The summed E-state index contributed by atoms with van der Waals surface area (Å²) in [4.78, 5) is 0. The van der Waals surface area contributed by atoms with Crippen molar-refractivity contribution >= 4 is 0 Å². The van der Waals surface area contributed by atoms with Crippen molar-refractivity contribution in [1.29, 1.82) is 0 Å². The van der Waals surface area contributed by atoms with E-state index in [1.54, 1.807) is 0 Å². The van der Waals surface area contributed by atoms with Gasteiger partial charge in [0.25, 0.3) is 0 Å². The summed E-state index contributed by atoms with van der Waals surface area (Å²) in [7, 11) is 0. The van der Waals surface area contributed by atoms with Gasteiger partial charge < -0.3 is 11.0 Å². The third-order valence-electron chi connectivity index (χ3n) is 0. The Bertz CT molecular complexity index is 125. The average Bonchev–Trinajstić information content (AvgIpc) is 0.722. The molecule has 48 valence electrons. The Labute approximate surface area is 40.5 Å². The Kier molecular flexibility index (Phi) is 8.99. The van der Waals surface area contributed by atoms with E-state index >= 15 is 0 Å². The monoisotopic (exact) mass is 156 g/mol. The standard InChI is InChI=1S/Mn.3H2O.3O/h;3*1H2;;;/q+1;;;;;;/p-1. The van der Waals surface area contributed by atoms with Crippen molar-refractivity contribution in [3.8, 4) is 0 Å². The maximum absolute atomic E-state index is 8.69. The third kappa shape index (κ3) is 2080. The van der Waals surface area contributed by atoms with E-state index in [-0.39, 0.29) is 11.0 Å². The van der Waals surface area contributed by atoms with Gasteiger partial charge in [-0.2, -0.15) is 0 Å². The predicted molar refractivity (Wildman–Crippen MR) is 11.5 cm³/mol. The van der Waals surface area contributed by atoms with E-state index in [2.05, 4.69) is 0 Å². The molecule has 0 amide bonds. The van der Waals surface area contributed by atoms with Crippen molar-refractivity contribution in [3.63, 3.8) is 0 Å². The maximum atomic E-state index is 8.69. The molecule has 0 aromatic heterocycles. The van der Waals surface area contributed by atoms with Crippen molar-refractivity contribution < 1.29 is 39.6 Å². The molecule has 0 radical (unpaired) electrons. The molecule has 0 fully saturated rings. The minimum atomic E-state index is -5.38. The Morgan fingerprint density at radius 1 is 1.00 bits per heavy atom. The molecule has 0 heterocycles. The van der Waals surface area contributed by atoms with Crippen LogP contribution in [0.15, 0.2) is 0 Å². The number of rotatable bonds is 0. The first-order chi connectivity index (χ1) is 2.00. The SMILES string of the molecule is O.O.[O]=[Mn](=[O])(=[O])[OH]. The fourth-order valence-electron chi connectivity index (χ4n) is 0. The summed E-state index contributed by atoms with van der Waals surface area (Å²) < 4.78 is 33.1. The molecule has 0 unspecified atom stereocenters. The van der Waals surface area contributed by atoms with E-state index in [1.807, 2.05) is 0 Å². The Morgan fingerprint density at radius 2 is 1.00 bits per heavy atom. The van der Waals surface area contributed by atoms with Crippen LogP contribution >= 0.6 is 0 Å². The van der Waals surface area contributed by atoms with Gasteiger partial charge in [-0.3, -0.25) is 0 Å². The van der Waals surface area contributed by atoms with Crippen LogP contribution in [0.5, 0.6) is 0 Å². The first kappa shape index (κ1) is 15.8. The van der Waals surface area contributed by atoms with Gasteiger partial charge in [0.1, 0.15) is 0 Å². The first-order valence-corrected chi connectivity index (χ1v) is 2.61. The van der Waals surface area contributed by atoms with Crippen LogP contribution in [0.2, 0.25) is 0 Å². The van der Waals surface area contributed by atoms with Crippen molar-refractivity contribution in [1.82, 2.24) is 0 Å². The summed E-state index contributed by atoms with van der Waals surface area (Å²) in [6.07, 6.45) is 0. The zero-order chi connectivity index (χ0) is 4.50. The van der Waals surface area contributed by atoms with Gasteiger partial charge in [0, 0.05) is 0 Å². The normalized spacial score (nSPS) is 8.14. The summed E-state index contributed by atoms with van der Waals surface area (Å²) in [6, 6.07) is 0. The van der Waals surface area contributed by atoms with Crippen molar-refractivity contribution in [3.05, 3.63) is 0 Å². The molecule has 7 heteroatoms. The van der Waals surface area contributed by atoms with Gasteiger partial charge in [-0.05, 0) is 0 Å². The fraction of sp³-hybridized carbons (Fsp3) is 0. The third-order valence-corrected chi connectivity index (χ3v) is 0. The van der Waals surface area contributed by atoms with E-state index in [4.69, 9.17) is 15.7 Å². The van der Waals surface area contributed by atoms with Crippen LogP contribution in [0.25, 0.3) is 0 Å². The van der Waals surface area contributed by atoms with Gasteiger partial charge >= 0.3 is 28.7 Å². The van der Waals surface area contributed by atoms with Gasteiger partial charge in [0.2, 0.25) is 0 Å². The van der Waals surface area contributed by atoms with Crippen LogP contribution in [0.3, 0.4) is 0 Å². The topological polar surface area (TPSA) is 134 Å². The molecular weight excluding hydrogens is 151 g/mol. The molecule has 0 aliphatic carbocycles. The van der Waals surface area contributed by atoms with Crippen molar-refractivity contribution in [2.75, 3.05) is 0 Å². The Morgan fingerprint density at radius 3 is 1.00 bits per heavy atom. The molecule has 7 heavy (non-hydrogen) atoms. The van der Waals surface area contributed by atoms with Crippen LogP contribution in [-0.4, -0.2) is 15.1 Å². The Balaban J connectivity index is -0.0000000800. The van der Waals surface area contributed by atoms with Gasteiger partial charge in [-0.1, -0.05) is 0 Å². The fourth-order valence-corrected chi connectivity index (χ4v) is 0. The minimum absolute atomic E-state index is 0. The first-order valence-electron chi connectivity index (χ1n) is 0.632. The molecule has 0 aromatic rings. The van der Waals surface area contributed by atoms with Crippen LogP contribution in [0, 0.1) is 0 Å². The molecule has 6 nitrogen and oxygen atoms in total. The molecule has 0 saturated heterocycles. The molecule has 5 N–H and O–H groups in total. The van der Waals surface area contributed by atoms with Gasteiger partial charge in [0.05, 0.1) is 0 Å². The zero-order valence-corrected chi connectivity index (χ0v) is 4.23. The molecule has 0 spiro atoms. The average molecular weight is 156 g/mol. The van der Waals surface area contributed by atoms with Crippen LogP contribution in [-0.2, 0) is 24.5 Å². The molecule has 0 atom stereocenters. The summed E-state index contributed by atoms with van der Waals surface area (Å²) >= 11 is -5.38. The Hall–Kier alpha value is -0.201. The van der Waals surface area contributed by atoms with Gasteiger partial charge in [-0.25, -0.2) is 0 Å². The summed E-state index contributed by atoms with van der Waals surface area (Å²) in [6.45, 7) is 0. The second kappa shape index (κ2) is 3.97. The van der Waals surface area contributed by atoms with Gasteiger partial charge in [-0.15, -0.1) is 0 Å². The van der Waals surface area contributed by atoms with E-state index in [1.165, 1.54) is 0 Å². The van der Waals surface area contributed by atoms with Gasteiger partial charge in [0.15, 0.2) is 0 Å². The molecule has 0 saturated carbocycles. The molecule has 0 aliphatic heterocycles. The second-order valence-corrected chi connectivity index (χ2v) is 1.63. The summed E-state index contributed by atoms with van der Waals surface area (Å²) in [5.74, 6) is 0. The zero-order valence-electron chi connectivity index (χ0n) is 3.05. The molecule has 0 bridgehead atoms. The molecular formula is H5MnO6. The van der Waals surface area contributed by atoms with E-state index in [9.17, 15) is 0 Å². The summed E-state index contributed by atoms with van der Waals surface area (Å²) in [5, 5.41) is 0. The molecule has 0 aliphatic rings. The van der Waals surface area contributed by atoms with Crippen molar-refractivity contribution in [2.45, 2.75) is 0 Å². The van der Waals surface area contributed by atoms with Crippen LogP contribution in [0.1, 0.15) is 0 Å². The number of hydrogen-bond donors (Lipinski definition) is 1.